The molecule has 0 fully saturated rings. The molecular formula is C18H20F2N2O2. The lowest BCUT2D eigenvalue weighted by Gasteiger charge is -2.12. The molecule has 0 aliphatic rings. The molecule has 2 aromatic rings. The number of nitrogens with one attached hydrogen (secondary N) is 1. The fourth-order valence-corrected chi connectivity index (χ4v) is 2.17. The van der Waals surface area contributed by atoms with Crippen molar-refractivity contribution in [3.8, 4) is 5.75 Å². The maximum Gasteiger partial charge on any atom is 0.387 e. The number of halogens is 2. The first kappa shape index (κ1) is 17.7. The topological polar surface area (TPSA) is 41.6 Å². The van der Waals surface area contributed by atoms with Crippen molar-refractivity contribution in [2.45, 2.75) is 13.0 Å². The van der Waals surface area contributed by atoms with Crippen LogP contribution >= 0.6 is 0 Å². The number of nitrogens with zero attached hydrogens (tertiary/aromatic N) is 1. The molecule has 6 heteroatoms. The van der Waals surface area contributed by atoms with Crippen LogP contribution in [0.25, 0.3) is 0 Å². The Balaban J connectivity index is 1.81. The van der Waals surface area contributed by atoms with Gasteiger partial charge in [-0.05, 0) is 48.4 Å². The molecule has 0 saturated carbocycles. The van der Waals surface area contributed by atoms with Crippen molar-refractivity contribution in [1.29, 1.82) is 0 Å². The van der Waals surface area contributed by atoms with Gasteiger partial charge in [-0.25, -0.2) is 0 Å². The number of carbonyl (C=O) groups is 1. The number of anilines is 1. The lowest BCUT2D eigenvalue weighted by Crippen LogP contribution is -2.25. The van der Waals surface area contributed by atoms with Gasteiger partial charge in [0.05, 0.1) is 0 Å². The fourth-order valence-electron chi connectivity index (χ4n) is 2.17. The van der Waals surface area contributed by atoms with Gasteiger partial charge >= 0.3 is 6.61 Å². The summed E-state index contributed by atoms with van der Waals surface area (Å²) in [6, 6.07) is 13.7. The minimum atomic E-state index is -2.82. The van der Waals surface area contributed by atoms with Crippen molar-refractivity contribution in [2.24, 2.45) is 0 Å². The smallest absolute Gasteiger partial charge is 0.387 e. The van der Waals surface area contributed by atoms with Gasteiger partial charge in [0.2, 0.25) is 0 Å². The number of ether oxygens (including phenoxy) is 1. The molecule has 2 aromatic carbocycles. The second-order valence-electron chi connectivity index (χ2n) is 5.47. The molecule has 1 N–H and O–H groups in total. The first-order valence-corrected chi connectivity index (χ1v) is 7.55. The summed E-state index contributed by atoms with van der Waals surface area (Å²) in [6.07, 6.45) is 0.608. The van der Waals surface area contributed by atoms with Crippen LogP contribution in [-0.4, -0.2) is 33.2 Å². The van der Waals surface area contributed by atoms with Crippen LogP contribution in [0.3, 0.4) is 0 Å². The molecule has 0 heterocycles. The van der Waals surface area contributed by atoms with E-state index >= 15 is 0 Å². The number of amides is 1. The lowest BCUT2D eigenvalue weighted by atomic mass is 10.1. The summed E-state index contributed by atoms with van der Waals surface area (Å²) < 4.78 is 28.4. The fraction of sp³-hybridized carbons (Fsp3) is 0.278. The standard InChI is InChI=1S/C18H20F2N2O2/c1-22(2)15-7-5-14(6-8-15)17(23)21-12-11-13-3-9-16(10-4-13)24-18(19)20/h3-10,18H,11-12H2,1-2H3,(H,21,23). The van der Waals surface area contributed by atoms with E-state index in [4.69, 9.17) is 0 Å². The zero-order chi connectivity index (χ0) is 17.5. The van der Waals surface area contributed by atoms with Gasteiger partial charge in [0.25, 0.3) is 5.91 Å². The predicted octanol–water partition coefficient (Wildman–Crippen LogP) is 3.33. The number of hydrogen-bond donors (Lipinski definition) is 1. The highest BCUT2D eigenvalue weighted by Crippen LogP contribution is 2.15. The third kappa shape index (κ3) is 5.22. The van der Waals surface area contributed by atoms with Gasteiger partial charge in [-0.2, -0.15) is 8.78 Å². The number of hydrogen-bond acceptors (Lipinski definition) is 3. The summed E-state index contributed by atoms with van der Waals surface area (Å²) in [4.78, 5) is 14.0. The summed E-state index contributed by atoms with van der Waals surface area (Å²) in [6.45, 7) is -2.36. The Hall–Kier alpha value is -2.63. The van der Waals surface area contributed by atoms with Crippen LogP contribution in [0.1, 0.15) is 15.9 Å². The zero-order valence-electron chi connectivity index (χ0n) is 13.6. The Kier molecular flexibility index (Phi) is 6.12. The van der Waals surface area contributed by atoms with Crippen molar-refractivity contribution in [2.75, 3.05) is 25.5 Å². The third-order valence-electron chi connectivity index (χ3n) is 3.49. The van der Waals surface area contributed by atoms with Gasteiger partial charge in [0.1, 0.15) is 5.75 Å². The molecule has 0 aliphatic carbocycles. The molecule has 0 spiro atoms. The number of benzene rings is 2. The molecule has 0 unspecified atom stereocenters. The largest absolute Gasteiger partial charge is 0.435 e. The SMILES string of the molecule is CN(C)c1ccc(C(=O)NCCc2ccc(OC(F)F)cc2)cc1. The number of rotatable bonds is 7. The van der Waals surface area contributed by atoms with Crippen LogP contribution in [0.4, 0.5) is 14.5 Å². The minimum absolute atomic E-state index is 0.124. The molecule has 0 radical (unpaired) electrons. The quantitative estimate of drug-likeness (QED) is 0.844. The molecule has 0 saturated heterocycles. The highest BCUT2D eigenvalue weighted by molar-refractivity contribution is 5.94. The Morgan fingerprint density at radius 3 is 2.25 bits per heavy atom. The van der Waals surface area contributed by atoms with Gasteiger partial charge in [-0.3, -0.25) is 4.79 Å². The van der Waals surface area contributed by atoms with Gasteiger partial charge in [0.15, 0.2) is 0 Å². The minimum Gasteiger partial charge on any atom is -0.435 e. The van der Waals surface area contributed by atoms with E-state index < -0.39 is 6.61 Å². The average Bonchev–Trinajstić information content (AvgIpc) is 2.56. The Morgan fingerprint density at radius 1 is 1.08 bits per heavy atom. The monoisotopic (exact) mass is 334 g/mol. The summed E-state index contributed by atoms with van der Waals surface area (Å²) in [5, 5.41) is 2.84. The van der Waals surface area contributed by atoms with Crippen LogP contribution in [0, 0.1) is 0 Å². The molecule has 4 nitrogen and oxygen atoms in total. The van der Waals surface area contributed by atoms with Crippen LogP contribution in [0.2, 0.25) is 0 Å². The summed E-state index contributed by atoms with van der Waals surface area (Å²) >= 11 is 0. The predicted molar refractivity (Wildman–Crippen MR) is 89.9 cm³/mol. The van der Waals surface area contributed by atoms with Crippen LogP contribution < -0.4 is 15.0 Å². The van der Waals surface area contributed by atoms with Crippen molar-refractivity contribution in [3.63, 3.8) is 0 Å². The average molecular weight is 334 g/mol. The van der Waals surface area contributed by atoms with E-state index in [1.807, 2.05) is 31.1 Å². The first-order chi connectivity index (χ1) is 11.5. The molecule has 0 bridgehead atoms. The molecule has 24 heavy (non-hydrogen) atoms. The molecular weight excluding hydrogens is 314 g/mol. The van der Waals surface area contributed by atoms with E-state index in [9.17, 15) is 13.6 Å². The number of alkyl halides is 2. The molecule has 0 aromatic heterocycles. The van der Waals surface area contributed by atoms with Gasteiger partial charge < -0.3 is 15.0 Å². The van der Waals surface area contributed by atoms with E-state index in [-0.39, 0.29) is 11.7 Å². The first-order valence-electron chi connectivity index (χ1n) is 7.55. The Morgan fingerprint density at radius 2 is 1.71 bits per heavy atom. The zero-order valence-corrected chi connectivity index (χ0v) is 13.6. The van der Waals surface area contributed by atoms with Crippen molar-refractivity contribution in [1.82, 2.24) is 5.32 Å². The Labute approximate surface area is 140 Å². The molecule has 0 atom stereocenters. The van der Waals surface area contributed by atoms with Crippen molar-refractivity contribution in [3.05, 3.63) is 59.7 Å². The third-order valence-corrected chi connectivity index (χ3v) is 3.49. The van der Waals surface area contributed by atoms with E-state index in [1.165, 1.54) is 12.1 Å². The van der Waals surface area contributed by atoms with E-state index in [0.29, 0.717) is 18.5 Å². The number of carbonyl (C=O) groups excluding carboxylic acids is 1. The molecule has 128 valence electrons. The van der Waals surface area contributed by atoms with Crippen LogP contribution in [0.5, 0.6) is 5.75 Å². The van der Waals surface area contributed by atoms with E-state index in [1.54, 1.807) is 24.3 Å². The maximum atomic E-state index is 12.1. The van der Waals surface area contributed by atoms with Crippen molar-refractivity contribution >= 4 is 11.6 Å². The second kappa shape index (κ2) is 8.29. The molecule has 2 rings (SSSR count). The van der Waals surface area contributed by atoms with Crippen LogP contribution in [0.15, 0.2) is 48.5 Å². The maximum absolute atomic E-state index is 12.1. The summed E-state index contributed by atoms with van der Waals surface area (Å²) in [5.74, 6) is -0.0169. The van der Waals surface area contributed by atoms with Crippen LogP contribution in [-0.2, 0) is 6.42 Å². The molecule has 0 aliphatic heterocycles. The summed E-state index contributed by atoms with van der Waals surface area (Å²) in [5.41, 5.74) is 2.55. The Bertz CT molecular complexity index is 656. The van der Waals surface area contributed by atoms with Gasteiger partial charge in [0, 0.05) is 31.9 Å². The van der Waals surface area contributed by atoms with Gasteiger partial charge in [-0.15, -0.1) is 0 Å². The summed E-state index contributed by atoms with van der Waals surface area (Å²) in [7, 11) is 3.87. The highest BCUT2D eigenvalue weighted by atomic mass is 19.3. The highest BCUT2D eigenvalue weighted by Gasteiger charge is 2.06. The van der Waals surface area contributed by atoms with Gasteiger partial charge in [-0.1, -0.05) is 12.1 Å². The van der Waals surface area contributed by atoms with Crippen molar-refractivity contribution < 1.29 is 18.3 Å². The molecule has 1 amide bonds. The second-order valence-corrected chi connectivity index (χ2v) is 5.47. The van der Waals surface area contributed by atoms with E-state index in [2.05, 4.69) is 10.1 Å². The lowest BCUT2D eigenvalue weighted by molar-refractivity contribution is -0.0498. The normalized spacial score (nSPS) is 10.5. The van der Waals surface area contributed by atoms with E-state index in [0.717, 1.165) is 11.3 Å².